The molecular formula is C20H35NO. The van der Waals surface area contributed by atoms with Crippen molar-refractivity contribution < 1.29 is 4.74 Å². The molecule has 0 aliphatic heterocycles. The standard InChI is InChI=1S/C20H35NO/c1-10-21-13-15-11-16(19(4,5)6)18(22-14(2)3)17(12-15)20(7,8)9/h11-12,14,21H,10,13H2,1-9H3. The fourth-order valence-corrected chi connectivity index (χ4v) is 2.54. The zero-order valence-corrected chi connectivity index (χ0v) is 16.1. The highest BCUT2D eigenvalue weighted by atomic mass is 16.5. The molecule has 2 nitrogen and oxygen atoms in total. The van der Waals surface area contributed by atoms with E-state index in [9.17, 15) is 0 Å². The van der Waals surface area contributed by atoms with Crippen LogP contribution in [-0.4, -0.2) is 12.6 Å². The number of rotatable bonds is 5. The Morgan fingerprint density at radius 2 is 1.41 bits per heavy atom. The minimum atomic E-state index is 0.0620. The predicted octanol–water partition coefficient (Wildman–Crippen LogP) is 5.18. The molecule has 1 aromatic carbocycles. The third kappa shape index (κ3) is 5.01. The van der Waals surface area contributed by atoms with Gasteiger partial charge in [-0.3, -0.25) is 0 Å². The number of nitrogens with one attached hydrogen (secondary N) is 1. The second kappa shape index (κ2) is 7.04. The molecule has 0 radical (unpaired) electrons. The van der Waals surface area contributed by atoms with E-state index >= 15 is 0 Å². The minimum Gasteiger partial charge on any atom is -0.490 e. The first kappa shape index (κ1) is 19.0. The third-order valence-electron chi connectivity index (χ3n) is 3.70. The van der Waals surface area contributed by atoms with Crippen molar-refractivity contribution in [2.24, 2.45) is 0 Å². The van der Waals surface area contributed by atoms with E-state index in [2.05, 4.69) is 79.8 Å². The SMILES string of the molecule is CCNCc1cc(C(C)(C)C)c(OC(C)C)c(C(C)(C)C)c1. The first-order valence-corrected chi connectivity index (χ1v) is 8.52. The number of benzene rings is 1. The summed E-state index contributed by atoms with van der Waals surface area (Å²) in [5, 5.41) is 3.44. The summed E-state index contributed by atoms with van der Waals surface area (Å²) in [4.78, 5) is 0. The van der Waals surface area contributed by atoms with Crippen LogP contribution < -0.4 is 10.1 Å². The van der Waals surface area contributed by atoms with Gasteiger partial charge in [-0.1, -0.05) is 60.6 Å². The monoisotopic (exact) mass is 305 g/mol. The van der Waals surface area contributed by atoms with Crippen LogP contribution in [0.5, 0.6) is 5.75 Å². The Kier molecular flexibility index (Phi) is 6.09. The van der Waals surface area contributed by atoms with Gasteiger partial charge >= 0.3 is 0 Å². The summed E-state index contributed by atoms with van der Waals surface area (Å²) < 4.78 is 6.27. The molecule has 0 bridgehead atoms. The van der Waals surface area contributed by atoms with Gasteiger partial charge in [-0.05, 0) is 36.8 Å². The molecule has 1 aromatic rings. The molecule has 0 fully saturated rings. The third-order valence-corrected chi connectivity index (χ3v) is 3.70. The fourth-order valence-electron chi connectivity index (χ4n) is 2.54. The Bertz CT molecular complexity index is 454. The lowest BCUT2D eigenvalue weighted by Gasteiger charge is -2.31. The second-order valence-corrected chi connectivity index (χ2v) is 8.47. The largest absolute Gasteiger partial charge is 0.490 e. The van der Waals surface area contributed by atoms with Crippen molar-refractivity contribution in [3.05, 3.63) is 28.8 Å². The molecule has 2 heteroatoms. The van der Waals surface area contributed by atoms with E-state index in [4.69, 9.17) is 4.74 Å². The molecule has 0 atom stereocenters. The molecule has 1 N–H and O–H groups in total. The number of ether oxygens (including phenoxy) is 1. The van der Waals surface area contributed by atoms with Crippen LogP contribution in [0.15, 0.2) is 12.1 Å². The van der Waals surface area contributed by atoms with Gasteiger partial charge in [0.25, 0.3) is 0 Å². The maximum Gasteiger partial charge on any atom is 0.127 e. The fraction of sp³-hybridized carbons (Fsp3) is 0.700. The Hall–Kier alpha value is -1.02. The van der Waals surface area contributed by atoms with E-state index in [0.29, 0.717) is 0 Å². The highest BCUT2D eigenvalue weighted by molar-refractivity contribution is 5.51. The zero-order valence-electron chi connectivity index (χ0n) is 16.1. The topological polar surface area (TPSA) is 21.3 Å². The van der Waals surface area contributed by atoms with E-state index in [1.807, 2.05) is 0 Å². The number of hydrogen-bond donors (Lipinski definition) is 1. The molecule has 0 aromatic heterocycles. The molecule has 0 spiro atoms. The second-order valence-electron chi connectivity index (χ2n) is 8.47. The summed E-state index contributed by atoms with van der Waals surface area (Å²) in [6, 6.07) is 4.63. The lowest BCUT2D eigenvalue weighted by atomic mass is 9.78. The highest BCUT2D eigenvalue weighted by Crippen LogP contribution is 2.41. The van der Waals surface area contributed by atoms with Crippen molar-refractivity contribution in [2.45, 2.75) is 85.8 Å². The predicted molar refractivity (Wildman–Crippen MR) is 97.0 cm³/mol. The van der Waals surface area contributed by atoms with Crippen LogP contribution in [0.3, 0.4) is 0 Å². The Balaban J connectivity index is 3.54. The summed E-state index contributed by atoms with van der Waals surface area (Å²) in [6.07, 6.45) is 0.182. The maximum absolute atomic E-state index is 6.27. The van der Waals surface area contributed by atoms with Crippen molar-refractivity contribution >= 4 is 0 Å². The summed E-state index contributed by atoms with van der Waals surface area (Å²) in [6.45, 7) is 21.8. The molecule has 0 heterocycles. The Labute approximate surface area is 137 Å². The molecule has 0 amide bonds. The van der Waals surface area contributed by atoms with Crippen LogP contribution in [0.25, 0.3) is 0 Å². The van der Waals surface area contributed by atoms with Gasteiger partial charge in [-0.25, -0.2) is 0 Å². The van der Waals surface area contributed by atoms with Crippen LogP contribution in [0.4, 0.5) is 0 Å². The molecule has 1 rings (SSSR count). The van der Waals surface area contributed by atoms with E-state index in [1.165, 1.54) is 16.7 Å². The summed E-state index contributed by atoms with van der Waals surface area (Å²) in [5.41, 5.74) is 4.08. The lowest BCUT2D eigenvalue weighted by molar-refractivity contribution is 0.230. The van der Waals surface area contributed by atoms with Crippen LogP contribution in [0.1, 0.15) is 79.0 Å². The van der Waals surface area contributed by atoms with E-state index < -0.39 is 0 Å². The lowest BCUT2D eigenvalue weighted by Crippen LogP contribution is -2.23. The molecule has 126 valence electrons. The molecule has 0 unspecified atom stereocenters. The van der Waals surface area contributed by atoms with Crippen LogP contribution in [0, 0.1) is 0 Å². The molecule has 0 saturated carbocycles. The Morgan fingerprint density at radius 1 is 0.955 bits per heavy atom. The van der Waals surface area contributed by atoms with Gasteiger partial charge in [-0.2, -0.15) is 0 Å². The van der Waals surface area contributed by atoms with E-state index in [1.54, 1.807) is 0 Å². The molecule has 22 heavy (non-hydrogen) atoms. The van der Waals surface area contributed by atoms with E-state index in [-0.39, 0.29) is 16.9 Å². The van der Waals surface area contributed by atoms with Crippen molar-refractivity contribution in [3.8, 4) is 5.75 Å². The first-order valence-electron chi connectivity index (χ1n) is 8.52. The van der Waals surface area contributed by atoms with Gasteiger partial charge < -0.3 is 10.1 Å². The average molecular weight is 306 g/mol. The molecular weight excluding hydrogens is 270 g/mol. The van der Waals surface area contributed by atoms with Gasteiger partial charge in [0.2, 0.25) is 0 Å². The van der Waals surface area contributed by atoms with Crippen molar-refractivity contribution in [1.82, 2.24) is 5.32 Å². The molecule has 0 saturated heterocycles. The van der Waals surface area contributed by atoms with Crippen molar-refractivity contribution in [1.29, 1.82) is 0 Å². The highest BCUT2D eigenvalue weighted by Gasteiger charge is 2.28. The number of hydrogen-bond acceptors (Lipinski definition) is 2. The first-order chi connectivity index (χ1) is 9.96. The van der Waals surface area contributed by atoms with Gasteiger partial charge in [0.05, 0.1) is 6.10 Å². The van der Waals surface area contributed by atoms with Gasteiger partial charge in [0.15, 0.2) is 0 Å². The zero-order chi connectivity index (χ0) is 17.1. The average Bonchev–Trinajstić information content (AvgIpc) is 2.33. The van der Waals surface area contributed by atoms with Crippen LogP contribution in [-0.2, 0) is 17.4 Å². The van der Waals surface area contributed by atoms with E-state index in [0.717, 1.165) is 18.8 Å². The summed E-state index contributed by atoms with van der Waals surface area (Å²) in [7, 11) is 0. The van der Waals surface area contributed by atoms with Crippen molar-refractivity contribution in [2.75, 3.05) is 6.54 Å². The Morgan fingerprint density at radius 3 is 1.73 bits per heavy atom. The summed E-state index contributed by atoms with van der Waals surface area (Å²) >= 11 is 0. The molecule has 0 aliphatic rings. The van der Waals surface area contributed by atoms with Crippen LogP contribution in [0.2, 0.25) is 0 Å². The molecule has 0 aliphatic carbocycles. The van der Waals surface area contributed by atoms with Crippen molar-refractivity contribution in [3.63, 3.8) is 0 Å². The van der Waals surface area contributed by atoms with Gasteiger partial charge in [-0.15, -0.1) is 0 Å². The van der Waals surface area contributed by atoms with Gasteiger partial charge in [0, 0.05) is 17.7 Å². The smallest absolute Gasteiger partial charge is 0.127 e. The minimum absolute atomic E-state index is 0.0620. The normalized spacial score (nSPS) is 12.8. The quantitative estimate of drug-likeness (QED) is 0.809. The van der Waals surface area contributed by atoms with Gasteiger partial charge in [0.1, 0.15) is 5.75 Å². The van der Waals surface area contributed by atoms with Crippen LogP contribution >= 0.6 is 0 Å². The maximum atomic E-state index is 6.27. The summed E-state index contributed by atoms with van der Waals surface area (Å²) in [5.74, 6) is 1.08.